The molecule has 0 radical (unpaired) electrons. The summed E-state index contributed by atoms with van der Waals surface area (Å²) in [6.07, 6.45) is 9.96. The van der Waals surface area contributed by atoms with E-state index in [2.05, 4.69) is 0 Å². The first-order valence-electron chi connectivity index (χ1n) is 5.12. The van der Waals surface area contributed by atoms with Gasteiger partial charge < -0.3 is 5.73 Å². The van der Waals surface area contributed by atoms with Crippen LogP contribution in [0.4, 0.5) is 0 Å². The normalized spacial score (nSPS) is 45.0. The summed E-state index contributed by atoms with van der Waals surface area (Å²) in [7, 11) is 0. The van der Waals surface area contributed by atoms with Crippen molar-refractivity contribution >= 4 is 0 Å². The molecule has 3 atom stereocenters. The topological polar surface area (TPSA) is 26.0 Å². The molecule has 1 heteroatoms. The highest BCUT2D eigenvalue weighted by Gasteiger charge is 2.30. The maximum absolute atomic E-state index is 5.94. The smallest absolute Gasteiger partial charge is 0.00416 e. The van der Waals surface area contributed by atoms with E-state index in [0.717, 1.165) is 11.8 Å². The maximum Gasteiger partial charge on any atom is 0.00416 e. The minimum Gasteiger partial charge on any atom is -0.328 e. The quantitative estimate of drug-likeness (QED) is 0.568. The first-order chi connectivity index (χ1) is 5.36. The lowest BCUT2D eigenvalue weighted by Gasteiger charge is -2.38. The molecule has 0 spiro atoms. The van der Waals surface area contributed by atoms with Crippen LogP contribution in [0, 0.1) is 11.8 Å². The van der Waals surface area contributed by atoms with E-state index in [4.69, 9.17) is 5.73 Å². The summed E-state index contributed by atoms with van der Waals surface area (Å²) in [6, 6.07) is 0.536. The molecule has 0 amide bonds. The van der Waals surface area contributed by atoms with Gasteiger partial charge in [-0.2, -0.15) is 0 Å². The van der Waals surface area contributed by atoms with Gasteiger partial charge in [0, 0.05) is 6.04 Å². The van der Waals surface area contributed by atoms with Crippen LogP contribution in [0.1, 0.15) is 44.9 Å². The van der Waals surface area contributed by atoms with Crippen molar-refractivity contribution in [2.75, 3.05) is 0 Å². The lowest BCUT2D eigenvalue weighted by Crippen LogP contribution is -2.34. The molecule has 0 aromatic heterocycles. The molecule has 0 aromatic rings. The predicted molar refractivity (Wildman–Crippen MR) is 47.3 cm³/mol. The third kappa shape index (κ3) is 1.58. The highest BCUT2D eigenvalue weighted by molar-refractivity contribution is 4.84. The second-order valence-corrected chi connectivity index (χ2v) is 4.38. The van der Waals surface area contributed by atoms with Crippen LogP contribution in [0.5, 0.6) is 0 Å². The molecule has 2 N–H and O–H groups in total. The van der Waals surface area contributed by atoms with E-state index in [1.54, 1.807) is 0 Å². The van der Waals surface area contributed by atoms with Crippen molar-refractivity contribution in [3.05, 3.63) is 0 Å². The molecule has 2 fully saturated rings. The summed E-state index contributed by atoms with van der Waals surface area (Å²) >= 11 is 0. The summed E-state index contributed by atoms with van der Waals surface area (Å²) in [4.78, 5) is 0. The highest BCUT2D eigenvalue weighted by atomic mass is 14.6. The van der Waals surface area contributed by atoms with Crippen molar-refractivity contribution in [1.82, 2.24) is 0 Å². The molecule has 0 aromatic carbocycles. The Labute approximate surface area is 69.4 Å². The van der Waals surface area contributed by atoms with Gasteiger partial charge in [0.05, 0.1) is 0 Å². The van der Waals surface area contributed by atoms with Gasteiger partial charge in [0.25, 0.3) is 0 Å². The highest BCUT2D eigenvalue weighted by Crippen LogP contribution is 2.39. The number of hydrogen-bond donors (Lipinski definition) is 1. The third-order valence-electron chi connectivity index (χ3n) is 3.58. The Balaban J connectivity index is 1.93. The summed E-state index contributed by atoms with van der Waals surface area (Å²) < 4.78 is 0. The van der Waals surface area contributed by atoms with Crippen LogP contribution in [-0.2, 0) is 0 Å². The fraction of sp³-hybridized carbons (Fsp3) is 1.00. The minimum absolute atomic E-state index is 0.536. The van der Waals surface area contributed by atoms with Crippen LogP contribution in [-0.4, -0.2) is 6.04 Å². The molecule has 11 heavy (non-hydrogen) atoms. The van der Waals surface area contributed by atoms with Crippen LogP contribution >= 0.6 is 0 Å². The number of rotatable bonds is 0. The van der Waals surface area contributed by atoms with Gasteiger partial charge in [-0.15, -0.1) is 0 Å². The lowest BCUT2D eigenvalue weighted by molar-refractivity contribution is 0.157. The molecule has 64 valence electrons. The zero-order valence-electron chi connectivity index (χ0n) is 7.26. The van der Waals surface area contributed by atoms with Gasteiger partial charge in [0.1, 0.15) is 0 Å². The van der Waals surface area contributed by atoms with Gasteiger partial charge in [-0.3, -0.25) is 0 Å². The van der Waals surface area contributed by atoms with Crippen LogP contribution in [0.3, 0.4) is 0 Å². The van der Waals surface area contributed by atoms with Gasteiger partial charge in [-0.25, -0.2) is 0 Å². The van der Waals surface area contributed by atoms with Gasteiger partial charge in [0.15, 0.2) is 0 Å². The van der Waals surface area contributed by atoms with E-state index >= 15 is 0 Å². The molecular weight excluding hydrogens is 134 g/mol. The van der Waals surface area contributed by atoms with Gasteiger partial charge in [0.2, 0.25) is 0 Å². The van der Waals surface area contributed by atoms with Gasteiger partial charge >= 0.3 is 0 Å². The van der Waals surface area contributed by atoms with Crippen molar-refractivity contribution in [1.29, 1.82) is 0 Å². The largest absolute Gasteiger partial charge is 0.328 e. The average Bonchev–Trinajstić information content (AvgIpc) is 2.04. The Morgan fingerprint density at radius 1 is 0.818 bits per heavy atom. The molecule has 0 bridgehead atoms. The lowest BCUT2D eigenvalue weighted by atomic mass is 9.70. The van der Waals surface area contributed by atoms with Crippen molar-refractivity contribution in [2.45, 2.75) is 51.0 Å². The van der Waals surface area contributed by atoms with Gasteiger partial charge in [-0.1, -0.05) is 25.7 Å². The fourth-order valence-electron chi connectivity index (χ4n) is 2.91. The SMILES string of the molecule is N[C@@H]1CC[C@@H]2CCCC[C@@H]2C1. The minimum atomic E-state index is 0.536. The molecule has 2 aliphatic rings. The molecule has 0 saturated heterocycles. The van der Waals surface area contributed by atoms with E-state index < -0.39 is 0 Å². The van der Waals surface area contributed by atoms with Crippen LogP contribution in [0.25, 0.3) is 0 Å². The van der Waals surface area contributed by atoms with Gasteiger partial charge in [-0.05, 0) is 31.1 Å². The Hall–Kier alpha value is -0.0400. The van der Waals surface area contributed by atoms with E-state index in [9.17, 15) is 0 Å². The Morgan fingerprint density at radius 2 is 1.55 bits per heavy atom. The van der Waals surface area contributed by atoms with E-state index in [1.807, 2.05) is 0 Å². The number of hydrogen-bond acceptors (Lipinski definition) is 1. The van der Waals surface area contributed by atoms with E-state index in [0.29, 0.717) is 6.04 Å². The summed E-state index contributed by atoms with van der Waals surface area (Å²) in [5.41, 5.74) is 5.94. The molecule has 0 aliphatic heterocycles. The predicted octanol–water partition coefficient (Wildman–Crippen LogP) is 2.30. The maximum atomic E-state index is 5.94. The Morgan fingerprint density at radius 3 is 2.36 bits per heavy atom. The second kappa shape index (κ2) is 3.14. The van der Waals surface area contributed by atoms with Crippen LogP contribution in [0.2, 0.25) is 0 Å². The summed E-state index contributed by atoms with van der Waals surface area (Å²) in [6.45, 7) is 0. The second-order valence-electron chi connectivity index (χ2n) is 4.38. The van der Waals surface area contributed by atoms with Crippen LogP contribution < -0.4 is 5.73 Å². The molecule has 2 rings (SSSR count). The van der Waals surface area contributed by atoms with Crippen LogP contribution in [0.15, 0.2) is 0 Å². The number of nitrogens with two attached hydrogens (primary N) is 1. The number of fused-ring (bicyclic) bond motifs is 1. The molecule has 2 aliphatic carbocycles. The molecule has 1 nitrogen and oxygen atoms in total. The standard InChI is InChI=1S/C10H19N/c11-10-6-5-8-3-1-2-4-9(8)7-10/h8-10H,1-7,11H2/t8-,9+,10+/m0/s1. The Bertz CT molecular complexity index is 133. The van der Waals surface area contributed by atoms with Crippen molar-refractivity contribution in [3.8, 4) is 0 Å². The summed E-state index contributed by atoms with van der Waals surface area (Å²) in [5.74, 6) is 2.07. The Kier molecular flexibility index (Phi) is 2.17. The molecule has 2 saturated carbocycles. The molecule has 0 unspecified atom stereocenters. The zero-order valence-corrected chi connectivity index (χ0v) is 7.26. The average molecular weight is 153 g/mol. The first kappa shape index (κ1) is 7.60. The van der Waals surface area contributed by atoms with Crippen molar-refractivity contribution in [2.24, 2.45) is 17.6 Å². The first-order valence-corrected chi connectivity index (χ1v) is 5.12. The molecular formula is C10H19N. The van der Waals surface area contributed by atoms with E-state index in [-0.39, 0.29) is 0 Å². The van der Waals surface area contributed by atoms with E-state index in [1.165, 1.54) is 44.9 Å². The zero-order chi connectivity index (χ0) is 7.68. The monoisotopic (exact) mass is 153 g/mol. The summed E-state index contributed by atoms with van der Waals surface area (Å²) in [5, 5.41) is 0. The third-order valence-corrected chi connectivity index (χ3v) is 3.58. The molecule has 0 heterocycles. The van der Waals surface area contributed by atoms with Crippen molar-refractivity contribution in [3.63, 3.8) is 0 Å². The fourth-order valence-corrected chi connectivity index (χ4v) is 2.91. The van der Waals surface area contributed by atoms with Crippen molar-refractivity contribution < 1.29 is 0 Å².